The summed E-state index contributed by atoms with van der Waals surface area (Å²) in [7, 11) is 1.23. The van der Waals surface area contributed by atoms with E-state index in [0.717, 1.165) is 10.0 Å². The van der Waals surface area contributed by atoms with Crippen molar-refractivity contribution in [1.82, 2.24) is 0 Å². The summed E-state index contributed by atoms with van der Waals surface area (Å²) >= 11 is 10.1. The number of nitrogens with zero attached hydrogens (tertiary/aromatic N) is 1. The Kier molecular flexibility index (Phi) is 5.61. The van der Waals surface area contributed by atoms with Gasteiger partial charge in [0.15, 0.2) is 5.78 Å². The Hall–Kier alpha value is -3.10. The van der Waals surface area contributed by atoms with Gasteiger partial charge in [-0.3, -0.25) is 14.5 Å². The Balaban J connectivity index is 1.95. The highest BCUT2D eigenvalue weighted by atomic mass is 79.9. The van der Waals surface area contributed by atoms with Gasteiger partial charge < -0.3 is 15.8 Å². The quantitative estimate of drug-likeness (QED) is 0.487. The number of hydrogen-bond donors (Lipinski definition) is 2. The van der Waals surface area contributed by atoms with E-state index in [-0.39, 0.29) is 29.2 Å². The van der Waals surface area contributed by atoms with E-state index in [9.17, 15) is 14.4 Å². The number of carbonyl (C=O) groups is 3. The van der Waals surface area contributed by atoms with E-state index in [1.54, 1.807) is 29.2 Å². The fraction of sp³-hybridized carbons (Fsp3) is 0.296. The van der Waals surface area contributed by atoms with Crippen molar-refractivity contribution in [2.75, 3.05) is 17.3 Å². The van der Waals surface area contributed by atoms with Gasteiger partial charge >= 0.3 is 5.97 Å². The molecule has 9 heteroatoms. The van der Waals surface area contributed by atoms with Gasteiger partial charge in [0.2, 0.25) is 5.91 Å². The standard InChI is InChI=1S/C27H25BrClN3O4/c1-13-5-7-17-15(9-13)27(25(35)31-17)21-19(11-26(2,3)12-20(21)33)32(23(30)22(27)24(34)36-4)18-8-6-14(28)10-16(18)29/h5-10H,11-12,30H2,1-4H3,(H,31,35). The number of fused-ring (bicyclic) bond motifs is 3. The Morgan fingerprint density at radius 3 is 2.56 bits per heavy atom. The summed E-state index contributed by atoms with van der Waals surface area (Å²) in [5, 5.41) is 3.25. The smallest absolute Gasteiger partial charge is 0.339 e. The minimum absolute atomic E-state index is 0.000159. The van der Waals surface area contributed by atoms with Crippen molar-refractivity contribution in [2.24, 2.45) is 11.1 Å². The van der Waals surface area contributed by atoms with E-state index < -0.39 is 22.7 Å². The van der Waals surface area contributed by atoms with Crippen molar-refractivity contribution >= 4 is 56.6 Å². The third-order valence-electron chi connectivity index (χ3n) is 7.08. The number of esters is 1. The highest BCUT2D eigenvalue weighted by Gasteiger charge is 2.63. The molecule has 36 heavy (non-hydrogen) atoms. The number of methoxy groups -OCH3 is 1. The number of ether oxygens (including phenoxy) is 1. The van der Waals surface area contributed by atoms with Crippen molar-refractivity contribution < 1.29 is 19.1 Å². The van der Waals surface area contributed by atoms with Gasteiger partial charge in [-0.05, 0) is 43.0 Å². The number of ketones is 1. The van der Waals surface area contributed by atoms with Crippen LogP contribution in [0.1, 0.15) is 37.8 Å². The van der Waals surface area contributed by atoms with Gasteiger partial charge in [0.05, 0.1) is 17.8 Å². The SMILES string of the molecule is COC(=O)C1=C(N)N(c2ccc(Br)cc2Cl)C2=C(C(=O)CC(C)(C)C2)C12C(=O)Nc1ccc(C)cc12. The maximum absolute atomic E-state index is 14.0. The van der Waals surface area contributed by atoms with Crippen LogP contribution in [0.5, 0.6) is 0 Å². The maximum atomic E-state index is 14.0. The molecule has 2 aromatic carbocycles. The van der Waals surface area contributed by atoms with Gasteiger partial charge in [-0.1, -0.05) is 59.1 Å². The molecule has 1 aliphatic carbocycles. The Bertz CT molecular complexity index is 1440. The average Bonchev–Trinajstić information content (AvgIpc) is 3.05. The number of aryl methyl sites for hydroxylation is 1. The molecule has 5 rings (SSSR count). The van der Waals surface area contributed by atoms with Crippen molar-refractivity contribution in [3.05, 3.63) is 79.7 Å². The number of nitrogens with two attached hydrogens (primary N) is 1. The van der Waals surface area contributed by atoms with E-state index in [1.807, 2.05) is 32.9 Å². The van der Waals surface area contributed by atoms with Crippen LogP contribution in [0.2, 0.25) is 5.02 Å². The van der Waals surface area contributed by atoms with E-state index >= 15 is 0 Å². The predicted octanol–water partition coefficient (Wildman–Crippen LogP) is 5.11. The Morgan fingerprint density at radius 1 is 1.17 bits per heavy atom. The van der Waals surface area contributed by atoms with Gasteiger partial charge in [0.25, 0.3) is 0 Å². The molecule has 3 N–H and O–H groups in total. The molecule has 0 fully saturated rings. The van der Waals surface area contributed by atoms with Crippen LogP contribution in [-0.4, -0.2) is 24.8 Å². The van der Waals surface area contributed by atoms with Crippen LogP contribution in [0.4, 0.5) is 11.4 Å². The summed E-state index contributed by atoms with van der Waals surface area (Å²) in [6.07, 6.45) is 0.643. The first-order valence-corrected chi connectivity index (χ1v) is 12.6. The topological polar surface area (TPSA) is 102 Å². The van der Waals surface area contributed by atoms with Crippen LogP contribution >= 0.6 is 27.5 Å². The number of hydrogen-bond acceptors (Lipinski definition) is 6. The number of amides is 1. The summed E-state index contributed by atoms with van der Waals surface area (Å²) in [6.45, 7) is 5.87. The average molecular weight is 571 g/mol. The summed E-state index contributed by atoms with van der Waals surface area (Å²) < 4.78 is 5.93. The molecule has 1 atom stereocenters. The molecular weight excluding hydrogens is 546 g/mol. The van der Waals surface area contributed by atoms with Crippen molar-refractivity contribution in [1.29, 1.82) is 0 Å². The predicted molar refractivity (Wildman–Crippen MR) is 141 cm³/mol. The summed E-state index contributed by atoms with van der Waals surface area (Å²) in [5.74, 6) is -1.52. The van der Waals surface area contributed by atoms with E-state index in [2.05, 4.69) is 21.2 Å². The van der Waals surface area contributed by atoms with E-state index in [0.29, 0.717) is 34.1 Å². The second kappa shape index (κ2) is 8.21. The molecular formula is C27H25BrClN3O4. The molecule has 2 aromatic rings. The number of Topliss-reactive ketones (excluding diaryl/α,β-unsaturated/α-hetero) is 1. The maximum Gasteiger partial charge on any atom is 0.339 e. The first-order valence-electron chi connectivity index (χ1n) is 11.5. The lowest BCUT2D eigenvalue weighted by Crippen LogP contribution is -2.54. The zero-order valence-corrected chi connectivity index (χ0v) is 22.6. The largest absolute Gasteiger partial charge is 0.466 e. The fourth-order valence-corrected chi connectivity index (χ4v) is 6.45. The number of allylic oxidation sites excluding steroid dienone is 1. The van der Waals surface area contributed by atoms with E-state index in [1.165, 1.54) is 7.11 Å². The monoisotopic (exact) mass is 569 g/mol. The molecule has 3 aliphatic rings. The second-order valence-electron chi connectivity index (χ2n) is 10.2. The van der Waals surface area contributed by atoms with Crippen LogP contribution in [0.3, 0.4) is 0 Å². The molecule has 0 bridgehead atoms. The lowest BCUT2D eigenvalue weighted by molar-refractivity contribution is -0.138. The van der Waals surface area contributed by atoms with Crippen molar-refractivity contribution in [2.45, 2.75) is 39.0 Å². The van der Waals surface area contributed by atoms with Crippen LogP contribution in [0, 0.1) is 12.3 Å². The number of anilines is 2. The molecule has 186 valence electrons. The Morgan fingerprint density at radius 2 is 1.89 bits per heavy atom. The van der Waals surface area contributed by atoms with Crippen LogP contribution in [-0.2, 0) is 24.5 Å². The minimum Gasteiger partial charge on any atom is -0.466 e. The molecule has 2 heterocycles. The second-order valence-corrected chi connectivity index (χ2v) is 11.5. The zero-order chi connectivity index (χ0) is 26.2. The van der Waals surface area contributed by atoms with Crippen LogP contribution in [0.15, 0.2) is 63.5 Å². The lowest BCUT2D eigenvalue weighted by atomic mass is 9.60. The Labute approximate surface area is 222 Å². The number of benzene rings is 2. The molecule has 0 saturated heterocycles. The van der Waals surface area contributed by atoms with Gasteiger partial charge in [-0.15, -0.1) is 0 Å². The number of nitrogens with one attached hydrogen (secondary N) is 1. The third-order valence-corrected chi connectivity index (χ3v) is 7.87. The minimum atomic E-state index is -1.74. The summed E-state index contributed by atoms with van der Waals surface area (Å²) in [4.78, 5) is 43.1. The van der Waals surface area contributed by atoms with Crippen LogP contribution < -0.4 is 16.0 Å². The third kappa shape index (κ3) is 3.34. The summed E-state index contributed by atoms with van der Waals surface area (Å²) in [5.41, 5.74) is 7.74. The van der Waals surface area contributed by atoms with Gasteiger partial charge in [-0.25, -0.2) is 4.79 Å². The molecule has 2 aliphatic heterocycles. The van der Waals surface area contributed by atoms with Gasteiger partial charge in [0.1, 0.15) is 16.8 Å². The molecule has 1 unspecified atom stereocenters. The normalized spacial score (nSPS) is 22.6. The fourth-order valence-electron chi connectivity index (χ4n) is 5.69. The number of halogens is 2. The van der Waals surface area contributed by atoms with Crippen LogP contribution in [0.25, 0.3) is 0 Å². The van der Waals surface area contributed by atoms with E-state index in [4.69, 9.17) is 22.1 Å². The summed E-state index contributed by atoms with van der Waals surface area (Å²) in [6, 6.07) is 10.7. The first kappa shape index (κ1) is 24.6. The molecule has 1 amide bonds. The van der Waals surface area contributed by atoms with Crippen molar-refractivity contribution in [3.63, 3.8) is 0 Å². The zero-order valence-electron chi connectivity index (χ0n) is 20.3. The number of carbonyl (C=O) groups excluding carboxylic acids is 3. The molecule has 1 spiro atoms. The molecule has 7 nitrogen and oxygen atoms in total. The molecule has 0 aromatic heterocycles. The molecule has 0 radical (unpaired) electrons. The molecule has 0 saturated carbocycles. The highest BCUT2D eigenvalue weighted by molar-refractivity contribution is 9.10. The van der Waals surface area contributed by atoms with Gasteiger partial charge in [0, 0.05) is 33.4 Å². The highest BCUT2D eigenvalue weighted by Crippen LogP contribution is 2.58. The lowest BCUT2D eigenvalue weighted by Gasteiger charge is -2.47. The van der Waals surface area contributed by atoms with Gasteiger partial charge in [-0.2, -0.15) is 0 Å². The first-order chi connectivity index (χ1) is 16.9. The number of rotatable bonds is 2. The van der Waals surface area contributed by atoms with Crippen molar-refractivity contribution in [3.8, 4) is 0 Å².